The van der Waals surface area contributed by atoms with E-state index < -0.39 is 11.6 Å². The average Bonchev–Trinajstić information content (AvgIpc) is 2.74. The van der Waals surface area contributed by atoms with Crippen LogP contribution in [0.25, 0.3) is 11.3 Å². The maximum absolute atomic E-state index is 13.3. The van der Waals surface area contributed by atoms with Crippen LogP contribution in [0.5, 0.6) is 0 Å². The van der Waals surface area contributed by atoms with Crippen molar-refractivity contribution in [2.24, 2.45) is 0 Å². The standard InChI is InChI=1S/C13H11F2N3O/c1-8(2)6-18-13(12(7-19)16-17-18)9-3-4-10(14)11(15)5-9/h3-5,7H,1,6H2,2H3. The summed E-state index contributed by atoms with van der Waals surface area (Å²) in [4.78, 5) is 10.9. The second-order valence-electron chi connectivity index (χ2n) is 4.18. The van der Waals surface area contributed by atoms with Crippen molar-refractivity contribution in [2.75, 3.05) is 0 Å². The molecule has 0 saturated heterocycles. The molecule has 1 aromatic heterocycles. The molecular formula is C13H11F2N3O. The number of carbonyl (C=O) groups is 1. The highest BCUT2D eigenvalue weighted by Crippen LogP contribution is 2.23. The normalized spacial score (nSPS) is 10.5. The number of hydrogen-bond donors (Lipinski definition) is 0. The lowest BCUT2D eigenvalue weighted by Gasteiger charge is -2.07. The van der Waals surface area contributed by atoms with Gasteiger partial charge in [0, 0.05) is 5.56 Å². The minimum Gasteiger partial charge on any atom is -0.296 e. The van der Waals surface area contributed by atoms with Crippen LogP contribution < -0.4 is 0 Å². The topological polar surface area (TPSA) is 47.8 Å². The molecule has 6 heteroatoms. The van der Waals surface area contributed by atoms with E-state index in [1.165, 1.54) is 10.7 Å². The minimum absolute atomic E-state index is 0.0762. The molecule has 0 unspecified atom stereocenters. The largest absolute Gasteiger partial charge is 0.296 e. The average molecular weight is 263 g/mol. The summed E-state index contributed by atoms with van der Waals surface area (Å²) in [5.41, 5.74) is 1.56. The van der Waals surface area contributed by atoms with Crippen molar-refractivity contribution in [2.45, 2.75) is 13.5 Å². The molecule has 0 atom stereocenters. The predicted octanol–water partition coefficient (Wildman–Crippen LogP) is 2.61. The number of carbonyl (C=O) groups excluding carboxylic acids is 1. The summed E-state index contributed by atoms with van der Waals surface area (Å²) in [7, 11) is 0. The van der Waals surface area contributed by atoms with Crippen molar-refractivity contribution < 1.29 is 13.6 Å². The monoisotopic (exact) mass is 263 g/mol. The fourth-order valence-electron chi connectivity index (χ4n) is 1.71. The molecule has 0 aliphatic heterocycles. The van der Waals surface area contributed by atoms with E-state index in [1.54, 1.807) is 6.92 Å². The Morgan fingerprint density at radius 2 is 2.16 bits per heavy atom. The number of allylic oxidation sites excluding steroid dienone is 1. The van der Waals surface area contributed by atoms with Gasteiger partial charge >= 0.3 is 0 Å². The molecule has 19 heavy (non-hydrogen) atoms. The highest BCUT2D eigenvalue weighted by molar-refractivity contribution is 5.83. The van der Waals surface area contributed by atoms with E-state index in [1.807, 2.05) is 0 Å². The van der Waals surface area contributed by atoms with Crippen LogP contribution in [0.15, 0.2) is 30.4 Å². The van der Waals surface area contributed by atoms with Crippen molar-refractivity contribution in [1.29, 1.82) is 0 Å². The molecule has 1 aromatic carbocycles. The number of benzene rings is 1. The summed E-state index contributed by atoms with van der Waals surface area (Å²) in [5, 5.41) is 7.52. The maximum Gasteiger partial charge on any atom is 0.172 e. The van der Waals surface area contributed by atoms with E-state index >= 15 is 0 Å². The highest BCUT2D eigenvalue weighted by Gasteiger charge is 2.16. The van der Waals surface area contributed by atoms with Crippen molar-refractivity contribution in [3.8, 4) is 11.3 Å². The first-order valence-electron chi connectivity index (χ1n) is 5.51. The third-order valence-electron chi connectivity index (χ3n) is 2.49. The van der Waals surface area contributed by atoms with Crippen LogP contribution in [0.4, 0.5) is 8.78 Å². The second-order valence-corrected chi connectivity index (χ2v) is 4.18. The van der Waals surface area contributed by atoms with Crippen LogP contribution in [0.1, 0.15) is 17.4 Å². The first-order valence-corrected chi connectivity index (χ1v) is 5.51. The van der Waals surface area contributed by atoms with Gasteiger partial charge in [-0.15, -0.1) is 5.10 Å². The van der Waals surface area contributed by atoms with E-state index in [-0.39, 0.29) is 5.69 Å². The molecule has 0 aliphatic rings. The van der Waals surface area contributed by atoms with Gasteiger partial charge in [0.2, 0.25) is 0 Å². The fourth-order valence-corrected chi connectivity index (χ4v) is 1.71. The third-order valence-corrected chi connectivity index (χ3v) is 2.49. The summed E-state index contributed by atoms with van der Waals surface area (Å²) in [6.45, 7) is 5.87. The smallest absolute Gasteiger partial charge is 0.172 e. The summed E-state index contributed by atoms with van der Waals surface area (Å²) >= 11 is 0. The van der Waals surface area contributed by atoms with Gasteiger partial charge in [-0.2, -0.15) is 0 Å². The lowest BCUT2D eigenvalue weighted by Crippen LogP contribution is -2.04. The van der Waals surface area contributed by atoms with Crippen LogP contribution >= 0.6 is 0 Å². The molecule has 1 heterocycles. The van der Waals surface area contributed by atoms with Crippen molar-refractivity contribution in [3.05, 3.63) is 47.7 Å². The molecule has 0 fully saturated rings. The maximum atomic E-state index is 13.3. The van der Waals surface area contributed by atoms with Crippen molar-refractivity contribution in [1.82, 2.24) is 15.0 Å². The Balaban J connectivity index is 2.58. The fraction of sp³-hybridized carbons (Fsp3) is 0.154. The predicted molar refractivity (Wildman–Crippen MR) is 65.6 cm³/mol. The lowest BCUT2D eigenvalue weighted by atomic mass is 10.1. The summed E-state index contributed by atoms with van der Waals surface area (Å²) in [6.07, 6.45) is 0.526. The zero-order valence-corrected chi connectivity index (χ0v) is 10.2. The molecule has 0 N–H and O–H groups in total. The summed E-state index contributed by atoms with van der Waals surface area (Å²) in [6, 6.07) is 3.38. The van der Waals surface area contributed by atoms with E-state index in [2.05, 4.69) is 16.9 Å². The molecule has 0 bridgehead atoms. The third kappa shape index (κ3) is 2.57. The zero-order valence-electron chi connectivity index (χ0n) is 10.2. The van der Waals surface area contributed by atoms with Crippen LogP contribution in [0.2, 0.25) is 0 Å². The van der Waals surface area contributed by atoms with E-state index in [0.717, 1.165) is 17.7 Å². The first kappa shape index (κ1) is 13.1. The minimum atomic E-state index is -0.988. The summed E-state index contributed by atoms with van der Waals surface area (Å²) < 4.78 is 27.6. The van der Waals surface area contributed by atoms with Gasteiger partial charge < -0.3 is 0 Å². The van der Waals surface area contributed by atoms with Gasteiger partial charge in [0.1, 0.15) is 0 Å². The van der Waals surface area contributed by atoms with E-state index in [9.17, 15) is 13.6 Å². The molecular weight excluding hydrogens is 252 g/mol. The van der Waals surface area contributed by atoms with Crippen molar-refractivity contribution >= 4 is 6.29 Å². The molecule has 0 spiro atoms. The second kappa shape index (κ2) is 5.09. The number of aromatic nitrogens is 3. The van der Waals surface area contributed by atoms with Crippen LogP contribution in [0.3, 0.4) is 0 Å². The zero-order chi connectivity index (χ0) is 14.0. The van der Waals surface area contributed by atoms with Crippen LogP contribution in [0, 0.1) is 11.6 Å². The Hall–Kier alpha value is -2.37. The first-order chi connectivity index (χ1) is 9.02. The number of nitrogens with zero attached hydrogens (tertiary/aromatic N) is 3. The molecule has 2 aromatic rings. The van der Waals surface area contributed by atoms with Gasteiger partial charge in [-0.25, -0.2) is 13.5 Å². The Labute approximate surface area is 108 Å². The molecule has 0 saturated carbocycles. The van der Waals surface area contributed by atoms with Gasteiger partial charge in [0.15, 0.2) is 23.6 Å². The number of halogens is 2. The Bertz CT molecular complexity index is 649. The Morgan fingerprint density at radius 1 is 1.42 bits per heavy atom. The summed E-state index contributed by atoms with van der Waals surface area (Å²) in [5.74, 6) is -1.94. The molecule has 0 aliphatic carbocycles. The highest BCUT2D eigenvalue weighted by atomic mass is 19.2. The molecule has 2 rings (SSSR count). The van der Waals surface area contributed by atoms with Gasteiger partial charge in [0.05, 0.1) is 12.2 Å². The van der Waals surface area contributed by atoms with Gasteiger partial charge in [-0.3, -0.25) is 4.79 Å². The SMILES string of the molecule is C=C(C)Cn1nnc(C=O)c1-c1ccc(F)c(F)c1. The number of hydrogen-bond acceptors (Lipinski definition) is 3. The molecule has 0 radical (unpaired) electrons. The van der Waals surface area contributed by atoms with Gasteiger partial charge in [-0.1, -0.05) is 17.4 Å². The molecule has 4 nitrogen and oxygen atoms in total. The number of rotatable bonds is 4. The van der Waals surface area contributed by atoms with E-state index in [4.69, 9.17) is 0 Å². The van der Waals surface area contributed by atoms with Gasteiger partial charge in [-0.05, 0) is 25.1 Å². The quantitative estimate of drug-likeness (QED) is 0.629. The molecule has 98 valence electrons. The Kier molecular flexibility index (Phi) is 3.50. The van der Waals surface area contributed by atoms with Gasteiger partial charge in [0.25, 0.3) is 0 Å². The molecule has 0 amide bonds. The lowest BCUT2D eigenvalue weighted by molar-refractivity contribution is 0.111. The van der Waals surface area contributed by atoms with Crippen LogP contribution in [-0.4, -0.2) is 21.3 Å². The van der Waals surface area contributed by atoms with Crippen molar-refractivity contribution in [3.63, 3.8) is 0 Å². The Morgan fingerprint density at radius 3 is 2.74 bits per heavy atom. The number of aldehydes is 1. The van der Waals surface area contributed by atoms with Crippen LogP contribution in [-0.2, 0) is 6.54 Å². The van der Waals surface area contributed by atoms with E-state index in [0.29, 0.717) is 24.1 Å².